The molecule has 3 heterocycles. The van der Waals surface area contributed by atoms with Crippen LogP contribution in [0.25, 0.3) is 0 Å². The molecule has 0 fully saturated rings. The van der Waals surface area contributed by atoms with Gasteiger partial charge in [0.1, 0.15) is 10.6 Å². The first-order valence-corrected chi connectivity index (χ1v) is 19.0. The van der Waals surface area contributed by atoms with Crippen LogP contribution in [0.1, 0.15) is 22.8 Å². The molecule has 0 atom stereocenters. The Morgan fingerprint density at radius 1 is 0.409 bits per heavy atom. The van der Waals surface area contributed by atoms with Gasteiger partial charge in [-0.1, -0.05) is 48.5 Å². The van der Waals surface area contributed by atoms with E-state index in [0.717, 1.165) is 10.6 Å². The maximum atomic E-state index is 6.32. The fraction of sp³-hybridized carbons (Fsp3) is 0.133. The highest BCUT2D eigenvalue weighted by molar-refractivity contribution is 8.43. The van der Waals surface area contributed by atoms with Crippen molar-refractivity contribution in [3.05, 3.63) is 120 Å². The molecule has 0 aliphatic carbocycles. The van der Waals surface area contributed by atoms with Gasteiger partial charge >= 0.3 is 0 Å². The first-order valence-electron chi connectivity index (χ1n) is 13.6. The molecule has 4 aromatic rings. The molecule has 0 radical (unpaired) electrons. The van der Waals surface area contributed by atoms with Gasteiger partial charge in [-0.15, -0.1) is 20.4 Å². The Morgan fingerprint density at radius 3 is 0.955 bits per heavy atom. The number of fused-ring (bicyclic) bond motifs is 4. The van der Waals surface area contributed by atoms with Gasteiger partial charge in [-0.2, -0.15) is 19.1 Å². The average Bonchev–Trinajstić information content (AvgIpc) is 3.07. The summed E-state index contributed by atoms with van der Waals surface area (Å²) in [5, 5.41) is 20.9. The summed E-state index contributed by atoms with van der Waals surface area (Å²) >= 11 is 12.6. The van der Waals surface area contributed by atoms with Crippen LogP contribution in [-0.2, 0) is 24.5 Å². The molecule has 2 aromatic heterocycles. The van der Waals surface area contributed by atoms with Crippen LogP contribution in [0.5, 0.6) is 0 Å². The van der Waals surface area contributed by atoms with E-state index in [1.165, 1.54) is 0 Å². The molecule has 44 heavy (non-hydrogen) atoms. The van der Waals surface area contributed by atoms with Gasteiger partial charge < -0.3 is 24.5 Å². The van der Waals surface area contributed by atoms with E-state index in [-0.39, 0.29) is 0 Å². The fourth-order valence-corrected chi connectivity index (χ4v) is 9.57. The number of hydrogen-bond acceptors (Lipinski definition) is 12. The lowest BCUT2D eigenvalue weighted by molar-refractivity contribution is 0.503. The van der Waals surface area contributed by atoms with Crippen molar-refractivity contribution >= 4 is 73.5 Å². The number of pyridine rings is 2. The lowest BCUT2D eigenvalue weighted by atomic mass is 10.3. The summed E-state index contributed by atoms with van der Waals surface area (Å²) in [6.45, 7) is -5.32. The van der Waals surface area contributed by atoms with Crippen molar-refractivity contribution in [2.45, 2.75) is 0 Å². The number of hydrazone groups is 4. The number of hydrogen-bond donors (Lipinski definition) is 0. The molecule has 2 aromatic carbocycles. The molecule has 0 N–H and O–H groups in total. The van der Waals surface area contributed by atoms with Gasteiger partial charge in [-0.05, 0) is 48.5 Å². The van der Waals surface area contributed by atoms with Crippen molar-refractivity contribution in [2.75, 3.05) is 28.2 Å². The van der Waals surface area contributed by atoms with E-state index in [9.17, 15) is 0 Å². The molecule has 1 aliphatic heterocycles. The molecule has 4 bridgehead atoms. The third kappa shape index (κ3) is 6.79. The van der Waals surface area contributed by atoms with E-state index in [1.807, 2.05) is 125 Å². The summed E-state index contributed by atoms with van der Waals surface area (Å²) in [4.78, 5) is 9.47. The highest BCUT2D eigenvalue weighted by Gasteiger charge is 2.38. The molecular weight excluding hydrogens is 626 g/mol. The van der Waals surface area contributed by atoms with Crippen molar-refractivity contribution in [1.82, 2.24) is 29.1 Å². The SMILES string of the molecule is CN1/N=C\c2cccc(n2)/C=N\N(C)[P+]([S-])(c2ccccc2)N(C)/N=C\c2cccc(n2)/C=N\N(C)[P+]1([S-])c1ccccc1. The van der Waals surface area contributed by atoms with E-state index in [4.69, 9.17) is 54.9 Å². The van der Waals surface area contributed by atoms with Crippen LogP contribution in [0.3, 0.4) is 0 Å². The molecule has 0 amide bonds. The van der Waals surface area contributed by atoms with Crippen LogP contribution in [0, 0.1) is 0 Å². The molecule has 1 aliphatic rings. The molecule has 0 spiro atoms. The van der Waals surface area contributed by atoms with Crippen LogP contribution in [0.4, 0.5) is 0 Å². The first-order chi connectivity index (χ1) is 21.2. The monoisotopic (exact) mass is 658 g/mol. The molecule has 0 saturated heterocycles. The van der Waals surface area contributed by atoms with Crippen molar-refractivity contribution in [1.29, 1.82) is 0 Å². The normalized spacial score (nSPS) is 24.0. The molecule has 224 valence electrons. The van der Waals surface area contributed by atoms with Crippen LogP contribution in [0.15, 0.2) is 117 Å². The average molecular weight is 659 g/mol. The summed E-state index contributed by atoms with van der Waals surface area (Å²) in [6, 6.07) is 31.2. The molecule has 10 nitrogen and oxygen atoms in total. The Balaban J connectivity index is 1.61. The van der Waals surface area contributed by atoms with Crippen molar-refractivity contribution in [3.8, 4) is 0 Å². The quantitative estimate of drug-likeness (QED) is 0.230. The van der Waals surface area contributed by atoms with Gasteiger partial charge in [-0.3, -0.25) is 0 Å². The van der Waals surface area contributed by atoms with Gasteiger partial charge in [-0.25, -0.2) is 9.97 Å². The minimum atomic E-state index is -2.66. The Kier molecular flexibility index (Phi) is 9.96. The largest absolute Gasteiger partial charge is 0.498 e. The second-order valence-corrected chi connectivity index (χ2v) is 18.2. The Bertz CT molecular complexity index is 1490. The fourth-order valence-electron chi connectivity index (χ4n) is 4.36. The van der Waals surface area contributed by atoms with Crippen LogP contribution < -0.4 is 10.6 Å². The zero-order valence-electron chi connectivity index (χ0n) is 24.7. The van der Waals surface area contributed by atoms with E-state index in [0.29, 0.717) is 22.8 Å². The maximum absolute atomic E-state index is 6.32. The number of nitrogens with zero attached hydrogens (tertiary/aromatic N) is 10. The second-order valence-electron chi connectivity index (χ2n) is 9.67. The highest BCUT2D eigenvalue weighted by Crippen LogP contribution is 2.61. The molecule has 0 saturated carbocycles. The van der Waals surface area contributed by atoms with Crippen LogP contribution in [-0.4, -0.2) is 82.1 Å². The molecular formula is C30H32N10P2S2. The lowest BCUT2D eigenvalue weighted by Crippen LogP contribution is -2.32. The topological polar surface area (TPSA) is 88.2 Å². The number of rotatable bonds is 2. The number of benzene rings is 2. The summed E-state index contributed by atoms with van der Waals surface area (Å²) in [7, 11) is 7.46. The van der Waals surface area contributed by atoms with E-state index >= 15 is 0 Å². The maximum Gasteiger partial charge on any atom is 0.151 e. The Morgan fingerprint density at radius 2 is 0.682 bits per heavy atom. The summed E-state index contributed by atoms with van der Waals surface area (Å²) in [5.41, 5.74) is 2.63. The zero-order chi connectivity index (χ0) is 31.2. The van der Waals surface area contributed by atoms with Crippen LogP contribution in [0.2, 0.25) is 0 Å². The zero-order valence-corrected chi connectivity index (χ0v) is 28.2. The van der Waals surface area contributed by atoms with Crippen molar-refractivity contribution in [2.24, 2.45) is 20.4 Å². The second kappa shape index (κ2) is 13.9. The van der Waals surface area contributed by atoms with Gasteiger partial charge in [0.25, 0.3) is 0 Å². The third-order valence-corrected chi connectivity index (χ3v) is 16.4. The number of aromatic nitrogens is 2. The van der Waals surface area contributed by atoms with E-state index < -0.39 is 13.5 Å². The van der Waals surface area contributed by atoms with Crippen molar-refractivity contribution < 1.29 is 0 Å². The Hall–Kier alpha value is -3.82. The molecule has 0 unspecified atom stereocenters. The minimum absolute atomic E-state index is 0.656. The van der Waals surface area contributed by atoms with Gasteiger partial charge in [0.15, 0.2) is 13.5 Å². The molecule has 14 heteroatoms. The highest BCUT2D eigenvalue weighted by atomic mass is 32.7. The molecule has 5 rings (SSSR count). The first kappa shape index (κ1) is 31.6. The van der Waals surface area contributed by atoms with E-state index in [1.54, 1.807) is 44.0 Å². The smallest absolute Gasteiger partial charge is 0.151 e. The van der Waals surface area contributed by atoms with Gasteiger partial charge in [0.2, 0.25) is 0 Å². The standard InChI is InChI=1S/C30H32N10P2S2/c1-37-31-21-25-13-11-14-27(35-25)23-33-39(3)42(44,30-19-9-6-10-20-30)40(4)34-24-28-16-12-15-26(36-28)22-32-38(2)41(37,43)29-17-7-5-8-18-29/h5-24H,1-4H3/b31-21-,32-22-,33-23-,34-24-. The van der Waals surface area contributed by atoms with Crippen molar-refractivity contribution in [3.63, 3.8) is 0 Å². The summed E-state index contributed by atoms with van der Waals surface area (Å²) in [6.07, 6.45) is 6.79. The lowest BCUT2D eigenvalue weighted by Gasteiger charge is -2.41. The predicted molar refractivity (Wildman–Crippen MR) is 191 cm³/mol. The van der Waals surface area contributed by atoms with Gasteiger partial charge in [0, 0.05) is 0 Å². The summed E-state index contributed by atoms with van der Waals surface area (Å²) < 4.78 is 7.19. The van der Waals surface area contributed by atoms with Crippen LogP contribution >= 0.6 is 13.5 Å². The third-order valence-electron chi connectivity index (χ3n) is 6.77. The Labute approximate surface area is 270 Å². The summed E-state index contributed by atoms with van der Waals surface area (Å²) in [5.74, 6) is 0. The van der Waals surface area contributed by atoms with E-state index in [2.05, 4.69) is 0 Å². The predicted octanol–water partition coefficient (Wildman–Crippen LogP) is 4.52. The van der Waals surface area contributed by atoms with Gasteiger partial charge in [0.05, 0.1) is 75.8 Å². The minimum Gasteiger partial charge on any atom is -0.498 e.